The Labute approximate surface area is 129 Å². The minimum atomic E-state index is 0.000116. The van der Waals surface area contributed by atoms with Gasteiger partial charge in [-0.25, -0.2) is 0 Å². The Morgan fingerprint density at radius 2 is 1.48 bits per heavy atom. The summed E-state index contributed by atoms with van der Waals surface area (Å²) >= 11 is 0. The highest BCUT2D eigenvalue weighted by Gasteiger charge is 2.35. The highest BCUT2D eigenvalue weighted by molar-refractivity contribution is 5.60. The van der Waals surface area contributed by atoms with Crippen LogP contribution >= 0.6 is 0 Å². The monoisotopic (exact) mass is 282 g/mol. The molecule has 0 spiro atoms. The molecule has 0 unspecified atom stereocenters. The molecule has 0 saturated heterocycles. The number of benzene rings is 2. The molecule has 0 atom stereocenters. The number of ether oxygens (including phenoxy) is 1. The first kappa shape index (κ1) is 15.6. The first-order valence-electron chi connectivity index (χ1n) is 7.96. The van der Waals surface area contributed by atoms with Gasteiger partial charge < -0.3 is 4.74 Å². The summed E-state index contributed by atoms with van der Waals surface area (Å²) < 4.78 is 6.27. The Kier molecular flexibility index (Phi) is 4.41. The summed E-state index contributed by atoms with van der Waals surface area (Å²) in [5, 5.41) is 0. The van der Waals surface area contributed by atoms with Crippen LogP contribution in [0.15, 0.2) is 36.4 Å². The number of rotatable bonds is 1. The number of aryl methyl sites for hydroxylation is 2. The molecular weight excluding hydrogens is 256 g/mol. The third kappa shape index (κ3) is 2.46. The Bertz CT molecular complexity index is 638. The van der Waals surface area contributed by atoms with Gasteiger partial charge in [0.25, 0.3) is 0 Å². The zero-order valence-electron chi connectivity index (χ0n) is 14.1. The molecule has 112 valence electrons. The van der Waals surface area contributed by atoms with E-state index in [4.69, 9.17) is 4.74 Å². The van der Waals surface area contributed by atoms with E-state index in [0.29, 0.717) is 0 Å². The fraction of sp³-hybridized carbons (Fsp3) is 0.400. The molecule has 0 saturated carbocycles. The van der Waals surface area contributed by atoms with Gasteiger partial charge in [-0.05, 0) is 24.5 Å². The molecule has 0 amide bonds. The van der Waals surface area contributed by atoms with E-state index in [1.807, 2.05) is 13.8 Å². The molecule has 1 nitrogen and oxygen atoms in total. The van der Waals surface area contributed by atoms with Gasteiger partial charge in [0, 0.05) is 16.5 Å². The van der Waals surface area contributed by atoms with Crippen LogP contribution in [0.5, 0.6) is 11.5 Å². The first-order valence-corrected chi connectivity index (χ1v) is 7.96. The summed E-state index contributed by atoms with van der Waals surface area (Å²) in [7, 11) is 0. The maximum absolute atomic E-state index is 6.27. The van der Waals surface area contributed by atoms with E-state index in [1.165, 1.54) is 22.3 Å². The zero-order chi connectivity index (χ0) is 15.6. The summed E-state index contributed by atoms with van der Waals surface area (Å²) in [6, 6.07) is 12.9. The number of fused-ring (bicyclic) bond motifs is 2. The van der Waals surface area contributed by atoms with Crippen molar-refractivity contribution in [1.82, 2.24) is 0 Å². The Morgan fingerprint density at radius 3 is 2.10 bits per heavy atom. The highest BCUT2D eigenvalue weighted by atomic mass is 16.5. The van der Waals surface area contributed by atoms with Crippen molar-refractivity contribution in [2.24, 2.45) is 0 Å². The van der Waals surface area contributed by atoms with Crippen molar-refractivity contribution in [3.8, 4) is 11.5 Å². The molecule has 3 rings (SSSR count). The maximum atomic E-state index is 6.27. The van der Waals surface area contributed by atoms with Gasteiger partial charge in [0.2, 0.25) is 0 Å². The van der Waals surface area contributed by atoms with Crippen molar-refractivity contribution in [3.63, 3.8) is 0 Å². The molecule has 0 fully saturated rings. The molecule has 0 aromatic heterocycles. The third-order valence-electron chi connectivity index (χ3n) is 4.24. The van der Waals surface area contributed by atoms with Crippen molar-refractivity contribution in [1.29, 1.82) is 0 Å². The average molecular weight is 282 g/mol. The van der Waals surface area contributed by atoms with E-state index in [0.717, 1.165) is 17.9 Å². The lowest BCUT2D eigenvalue weighted by Gasteiger charge is -2.36. The van der Waals surface area contributed by atoms with E-state index in [1.54, 1.807) is 0 Å². The van der Waals surface area contributed by atoms with Gasteiger partial charge in [-0.2, -0.15) is 0 Å². The van der Waals surface area contributed by atoms with Gasteiger partial charge in [0.05, 0.1) is 0 Å². The summed E-state index contributed by atoms with van der Waals surface area (Å²) in [6.07, 6.45) is 1.00. The van der Waals surface area contributed by atoms with Crippen LogP contribution in [0.4, 0.5) is 0 Å². The second kappa shape index (κ2) is 5.93. The minimum Gasteiger partial charge on any atom is -0.456 e. The SMILES string of the molecule is CC.CCc1cccc2c1Oc1c(C)cccc1C2(C)C. The minimum absolute atomic E-state index is 0.000116. The summed E-state index contributed by atoms with van der Waals surface area (Å²) in [5.74, 6) is 2.11. The quantitative estimate of drug-likeness (QED) is 0.622. The lowest BCUT2D eigenvalue weighted by molar-refractivity contribution is 0.410. The van der Waals surface area contributed by atoms with Gasteiger partial charge in [0.1, 0.15) is 11.5 Å². The van der Waals surface area contributed by atoms with E-state index in [9.17, 15) is 0 Å². The van der Waals surface area contributed by atoms with E-state index in [-0.39, 0.29) is 5.41 Å². The first-order chi connectivity index (χ1) is 10.1. The summed E-state index contributed by atoms with van der Waals surface area (Å²) in [6.45, 7) is 12.9. The zero-order valence-corrected chi connectivity index (χ0v) is 14.1. The molecular formula is C20H26O. The Balaban J connectivity index is 0.000000774. The van der Waals surface area contributed by atoms with Gasteiger partial charge in [0.15, 0.2) is 0 Å². The fourth-order valence-electron chi connectivity index (χ4n) is 3.00. The maximum Gasteiger partial charge on any atom is 0.134 e. The molecule has 2 aromatic rings. The van der Waals surface area contributed by atoms with Crippen LogP contribution in [-0.4, -0.2) is 0 Å². The van der Waals surface area contributed by atoms with Crippen LogP contribution in [0.2, 0.25) is 0 Å². The van der Waals surface area contributed by atoms with E-state index < -0.39 is 0 Å². The van der Waals surface area contributed by atoms with Gasteiger partial charge in [-0.3, -0.25) is 0 Å². The summed E-state index contributed by atoms with van der Waals surface area (Å²) in [4.78, 5) is 0. The van der Waals surface area contributed by atoms with Gasteiger partial charge in [-0.15, -0.1) is 0 Å². The topological polar surface area (TPSA) is 9.23 Å². The molecule has 0 bridgehead atoms. The molecule has 1 aliphatic rings. The van der Waals surface area contributed by atoms with Crippen LogP contribution in [0.25, 0.3) is 0 Å². The predicted octanol–water partition coefficient (Wildman–Crippen LogP) is 6.02. The van der Waals surface area contributed by atoms with Crippen LogP contribution in [0.1, 0.15) is 56.9 Å². The van der Waals surface area contributed by atoms with Gasteiger partial charge >= 0.3 is 0 Å². The molecule has 1 heterocycles. The van der Waals surface area contributed by atoms with Crippen molar-refractivity contribution in [3.05, 3.63) is 58.7 Å². The van der Waals surface area contributed by atoms with E-state index >= 15 is 0 Å². The smallest absolute Gasteiger partial charge is 0.134 e. The van der Waals surface area contributed by atoms with Crippen LogP contribution < -0.4 is 4.74 Å². The highest BCUT2D eigenvalue weighted by Crippen LogP contribution is 2.50. The van der Waals surface area contributed by atoms with Crippen molar-refractivity contribution in [2.75, 3.05) is 0 Å². The second-order valence-corrected chi connectivity index (χ2v) is 5.83. The normalized spacial score (nSPS) is 14.2. The molecule has 2 aromatic carbocycles. The number of hydrogen-bond acceptors (Lipinski definition) is 1. The van der Waals surface area contributed by atoms with Crippen molar-refractivity contribution >= 4 is 0 Å². The molecule has 0 N–H and O–H groups in total. The van der Waals surface area contributed by atoms with Crippen LogP contribution in [0, 0.1) is 6.92 Å². The average Bonchev–Trinajstić information content (AvgIpc) is 2.50. The number of para-hydroxylation sites is 2. The molecule has 0 radical (unpaired) electrons. The Morgan fingerprint density at radius 1 is 0.905 bits per heavy atom. The van der Waals surface area contributed by atoms with E-state index in [2.05, 4.69) is 64.1 Å². The molecule has 21 heavy (non-hydrogen) atoms. The standard InChI is InChI=1S/C18H20O.C2H6/c1-5-13-9-7-11-15-17(13)19-16-12(2)8-6-10-14(16)18(15,3)4;1-2/h6-11H,5H2,1-4H3;1-2H3. The second-order valence-electron chi connectivity index (χ2n) is 5.83. The third-order valence-corrected chi connectivity index (χ3v) is 4.24. The lowest BCUT2D eigenvalue weighted by atomic mass is 9.74. The lowest BCUT2D eigenvalue weighted by Crippen LogP contribution is -2.25. The fourth-order valence-corrected chi connectivity index (χ4v) is 3.00. The number of hydrogen-bond donors (Lipinski definition) is 0. The van der Waals surface area contributed by atoms with Gasteiger partial charge in [-0.1, -0.05) is 71.0 Å². The van der Waals surface area contributed by atoms with Crippen LogP contribution in [-0.2, 0) is 11.8 Å². The molecule has 1 aliphatic heterocycles. The molecule has 1 heteroatoms. The Hall–Kier alpha value is -1.76. The van der Waals surface area contributed by atoms with Crippen molar-refractivity contribution in [2.45, 2.75) is 53.4 Å². The predicted molar refractivity (Wildman–Crippen MR) is 90.5 cm³/mol. The van der Waals surface area contributed by atoms with Crippen LogP contribution in [0.3, 0.4) is 0 Å². The summed E-state index contributed by atoms with van der Waals surface area (Å²) in [5.41, 5.74) is 5.08. The molecule has 0 aliphatic carbocycles. The largest absolute Gasteiger partial charge is 0.456 e. The van der Waals surface area contributed by atoms with Crippen molar-refractivity contribution < 1.29 is 4.74 Å².